The third-order valence-electron chi connectivity index (χ3n) is 1.45. The smallest absolute Gasteiger partial charge is 0.790 e. The van der Waals surface area contributed by atoms with Gasteiger partial charge in [0.1, 0.15) is 0 Å². The molecule has 0 saturated carbocycles. The van der Waals surface area contributed by atoms with Crippen molar-refractivity contribution in [3.8, 4) is 0 Å². The molecule has 0 spiro atoms. The molecule has 14 nitrogen and oxygen atoms in total. The van der Waals surface area contributed by atoms with E-state index in [0.29, 0.717) is 0 Å². The SMILES string of the molecule is O=P([O-])([O-])OP(=O)([O-])OCCCCl.O=P([O-])([O-])OP(=O)([O-])OCCCCl.[Ca+2].[Ca+2].[Ca+2]. The van der Waals surface area contributed by atoms with Crippen molar-refractivity contribution in [2.45, 2.75) is 12.8 Å². The standard InChI is InChI=1S/2C3H9ClO7P2.3Ca/c2*4-2-1-3-10-13(8,9)11-12(5,6)7;;;/h2*1-3H2,(H,8,9)(H2,5,6,7);;;/q;;3*+2/p-6. The third kappa shape index (κ3) is 37.6. The van der Waals surface area contributed by atoms with Crippen molar-refractivity contribution in [1.29, 1.82) is 0 Å². The van der Waals surface area contributed by atoms with Crippen LogP contribution in [0.3, 0.4) is 0 Å². The molecule has 29 heavy (non-hydrogen) atoms. The van der Waals surface area contributed by atoms with Crippen molar-refractivity contribution < 1.29 is 65.3 Å². The van der Waals surface area contributed by atoms with Gasteiger partial charge in [0.2, 0.25) is 0 Å². The molecule has 0 saturated heterocycles. The summed E-state index contributed by atoms with van der Waals surface area (Å²) >= 11 is 10.3. The summed E-state index contributed by atoms with van der Waals surface area (Å²) in [6.07, 6.45) is 0.387. The van der Waals surface area contributed by atoms with E-state index in [4.69, 9.17) is 23.2 Å². The number of rotatable bonds is 12. The van der Waals surface area contributed by atoms with E-state index in [1.165, 1.54) is 0 Å². The summed E-state index contributed by atoms with van der Waals surface area (Å²) < 4.78 is 54.9. The zero-order valence-electron chi connectivity index (χ0n) is 14.6. The summed E-state index contributed by atoms with van der Waals surface area (Å²) in [5.41, 5.74) is 0. The maximum atomic E-state index is 10.5. The number of hydrogen-bond acceptors (Lipinski definition) is 14. The first-order chi connectivity index (χ1) is 11.5. The van der Waals surface area contributed by atoms with Gasteiger partial charge in [0.15, 0.2) is 0 Å². The summed E-state index contributed by atoms with van der Waals surface area (Å²) in [7, 11) is -21.2. The van der Waals surface area contributed by atoms with Crippen molar-refractivity contribution in [3.63, 3.8) is 0 Å². The first-order valence-electron chi connectivity index (χ1n) is 6.03. The van der Waals surface area contributed by atoms with Gasteiger partial charge < -0.3 is 47.5 Å². The Bertz CT molecular complexity index is 536. The minimum absolute atomic E-state index is 0. The maximum absolute atomic E-state index is 10.5. The summed E-state index contributed by atoms with van der Waals surface area (Å²) in [4.78, 5) is 60.4. The van der Waals surface area contributed by atoms with Gasteiger partial charge in [-0.15, -0.1) is 23.2 Å². The maximum Gasteiger partial charge on any atom is 2.00 e. The summed E-state index contributed by atoms with van der Waals surface area (Å²) in [6.45, 7) is -0.658. The van der Waals surface area contributed by atoms with Crippen LogP contribution in [-0.2, 0) is 35.9 Å². The van der Waals surface area contributed by atoms with Crippen LogP contribution in [0.15, 0.2) is 0 Å². The molecule has 0 radical (unpaired) electrons. The largest absolute Gasteiger partial charge is 2.00 e. The minimum atomic E-state index is -5.57. The second-order valence-electron chi connectivity index (χ2n) is 3.70. The van der Waals surface area contributed by atoms with Crippen LogP contribution in [0, 0.1) is 0 Å². The van der Waals surface area contributed by atoms with Gasteiger partial charge >= 0.3 is 113 Å². The molecular formula is C6H12Ca3Cl2O14P4. The van der Waals surface area contributed by atoms with E-state index in [1.54, 1.807) is 0 Å². The Morgan fingerprint density at radius 3 is 1.00 bits per heavy atom. The Balaban J connectivity index is -0.000000120. The molecule has 0 rings (SSSR count). The Morgan fingerprint density at radius 2 is 0.828 bits per heavy atom. The molecule has 2 atom stereocenters. The molecule has 0 aromatic rings. The molecule has 0 heterocycles. The van der Waals surface area contributed by atoms with Gasteiger partial charge in [0.25, 0.3) is 15.6 Å². The molecule has 0 aliphatic heterocycles. The van der Waals surface area contributed by atoms with E-state index in [2.05, 4.69) is 17.7 Å². The molecule has 23 heteroatoms. The van der Waals surface area contributed by atoms with E-state index >= 15 is 0 Å². The molecule has 0 aromatic carbocycles. The number of hydrogen-bond donors (Lipinski definition) is 0. The number of phosphoric acid groups is 4. The first kappa shape index (κ1) is 43.9. The average molecular weight is 623 g/mol. The van der Waals surface area contributed by atoms with Gasteiger partial charge in [-0.05, 0) is 12.8 Å². The van der Waals surface area contributed by atoms with E-state index in [-0.39, 0.29) is 151 Å². The Labute approximate surface area is 266 Å². The van der Waals surface area contributed by atoms with Gasteiger partial charge in [0.05, 0.1) is 28.9 Å². The molecular weight excluding hydrogens is 611 g/mol. The molecule has 0 amide bonds. The van der Waals surface area contributed by atoms with E-state index in [0.717, 1.165) is 0 Å². The average Bonchev–Trinajstić information content (AvgIpc) is 2.33. The number of alkyl halides is 2. The van der Waals surface area contributed by atoms with Crippen LogP contribution < -0.4 is 29.4 Å². The molecule has 160 valence electrons. The third-order valence-corrected chi connectivity index (χ3v) is 6.19. The van der Waals surface area contributed by atoms with Crippen LogP contribution in [0.4, 0.5) is 0 Å². The fourth-order valence-corrected chi connectivity index (χ4v) is 4.01. The molecule has 0 N–H and O–H groups in total. The zero-order chi connectivity index (χ0) is 21.1. The first-order valence-corrected chi connectivity index (χ1v) is 12.9. The summed E-state index contributed by atoms with van der Waals surface area (Å²) in [5, 5.41) is 0. The van der Waals surface area contributed by atoms with Crippen molar-refractivity contribution in [2.75, 3.05) is 25.0 Å². The van der Waals surface area contributed by atoms with Gasteiger partial charge in [-0.1, -0.05) is 0 Å². The molecule has 0 aliphatic rings. The Hall–Kier alpha value is 4.88. The van der Waals surface area contributed by atoms with Gasteiger partial charge in [-0.25, -0.2) is 0 Å². The van der Waals surface area contributed by atoms with Crippen molar-refractivity contribution in [1.82, 2.24) is 0 Å². The van der Waals surface area contributed by atoms with Crippen LogP contribution in [0.2, 0.25) is 0 Å². The van der Waals surface area contributed by atoms with Gasteiger partial charge in [0, 0.05) is 11.8 Å². The van der Waals surface area contributed by atoms with Crippen LogP contribution in [-0.4, -0.2) is 138 Å². The van der Waals surface area contributed by atoms with Crippen LogP contribution in [0.5, 0.6) is 0 Å². The quantitative estimate of drug-likeness (QED) is 0.0898. The molecule has 0 bridgehead atoms. The van der Waals surface area contributed by atoms with Crippen molar-refractivity contribution >= 4 is 168 Å². The van der Waals surface area contributed by atoms with E-state index in [9.17, 15) is 47.6 Å². The van der Waals surface area contributed by atoms with E-state index < -0.39 is 31.3 Å². The number of phosphoric ester groups is 2. The predicted molar refractivity (Wildman–Crippen MR) is 92.4 cm³/mol. The predicted octanol–water partition coefficient (Wildman–Crippen LogP) is -3.25. The Kier molecular flexibility index (Phi) is 33.5. The zero-order valence-corrected chi connectivity index (χ0v) is 26.3. The topological polar surface area (TPSA) is 244 Å². The van der Waals surface area contributed by atoms with E-state index in [1.807, 2.05) is 0 Å². The molecule has 0 fully saturated rings. The van der Waals surface area contributed by atoms with Gasteiger partial charge in [-0.2, -0.15) is 0 Å². The molecule has 0 aromatic heterocycles. The normalized spacial score (nSPS) is 15.2. The monoisotopic (exact) mass is 622 g/mol. The summed E-state index contributed by atoms with van der Waals surface area (Å²) in [5.74, 6) is 0.290. The fraction of sp³-hybridized carbons (Fsp3) is 1.00. The van der Waals surface area contributed by atoms with Gasteiger partial charge in [-0.3, -0.25) is 17.8 Å². The molecule has 0 aliphatic carbocycles. The van der Waals surface area contributed by atoms with Crippen LogP contribution >= 0.6 is 54.5 Å². The second kappa shape index (κ2) is 22.1. The Morgan fingerprint density at radius 1 is 0.586 bits per heavy atom. The minimum Gasteiger partial charge on any atom is -0.790 e. The van der Waals surface area contributed by atoms with Crippen molar-refractivity contribution in [3.05, 3.63) is 0 Å². The molecule has 2 unspecified atom stereocenters. The number of halogens is 2. The second-order valence-corrected chi connectivity index (χ2v) is 9.86. The van der Waals surface area contributed by atoms with Crippen LogP contribution in [0.25, 0.3) is 0 Å². The fourth-order valence-electron chi connectivity index (χ4n) is 0.754. The van der Waals surface area contributed by atoms with Crippen molar-refractivity contribution in [2.24, 2.45) is 0 Å². The van der Waals surface area contributed by atoms with Crippen LogP contribution in [0.1, 0.15) is 12.8 Å². The summed E-state index contributed by atoms with van der Waals surface area (Å²) in [6, 6.07) is 0.